The van der Waals surface area contributed by atoms with Crippen molar-refractivity contribution in [1.29, 1.82) is 0 Å². The lowest BCUT2D eigenvalue weighted by Crippen LogP contribution is -2.62. The van der Waals surface area contributed by atoms with Crippen LogP contribution < -0.4 is 0 Å². The van der Waals surface area contributed by atoms with Crippen LogP contribution in [0.25, 0.3) is 0 Å². The van der Waals surface area contributed by atoms with Gasteiger partial charge in [0.25, 0.3) is 0 Å². The van der Waals surface area contributed by atoms with Gasteiger partial charge in [-0.2, -0.15) is 0 Å². The van der Waals surface area contributed by atoms with Crippen LogP contribution in [0.15, 0.2) is 0 Å². The third-order valence-corrected chi connectivity index (χ3v) is 4.40. The zero-order chi connectivity index (χ0) is 17.8. The van der Waals surface area contributed by atoms with E-state index < -0.39 is 5.60 Å². The maximum absolute atomic E-state index is 10.7. The Morgan fingerprint density at radius 3 is 2.17 bits per heavy atom. The lowest BCUT2D eigenvalue weighted by atomic mass is 9.89. The molecule has 1 fully saturated rings. The van der Waals surface area contributed by atoms with Gasteiger partial charge >= 0.3 is 0 Å². The van der Waals surface area contributed by atoms with E-state index in [2.05, 4.69) is 20.8 Å². The third-order valence-electron chi connectivity index (χ3n) is 4.40. The van der Waals surface area contributed by atoms with Gasteiger partial charge < -0.3 is 24.1 Å². The molecule has 0 bridgehead atoms. The second-order valence-electron chi connectivity index (χ2n) is 6.97. The number of hydrogen-bond donors (Lipinski definition) is 1. The van der Waals surface area contributed by atoms with Gasteiger partial charge in [-0.3, -0.25) is 0 Å². The van der Waals surface area contributed by atoms with Gasteiger partial charge in [0, 0.05) is 19.8 Å². The first-order valence-corrected chi connectivity index (χ1v) is 9.71. The normalized spacial score (nSPS) is 30.6. The predicted molar refractivity (Wildman–Crippen MR) is 95.4 cm³/mol. The van der Waals surface area contributed by atoms with Crippen molar-refractivity contribution in [2.24, 2.45) is 0 Å². The molecule has 0 saturated carbocycles. The van der Waals surface area contributed by atoms with E-state index >= 15 is 0 Å². The van der Waals surface area contributed by atoms with Crippen LogP contribution in [0.5, 0.6) is 0 Å². The molecular formula is C19H38O5. The summed E-state index contributed by atoms with van der Waals surface area (Å²) in [6, 6.07) is 0. The monoisotopic (exact) mass is 346 g/mol. The van der Waals surface area contributed by atoms with Gasteiger partial charge in [0.1, 0.15) is 23.9 Å². The van der Waals surface area contributed by atoms with Crippen molar-refractivity contribution >= 4 is 0 Å². The molecule has 0 spiro atoms. The summed E-state index contributed by atoms with van der Waals surface area (Å²) in [5.41, 5.74) is -1.04. The minimum absolute atomic E-state index is 0.189. The van der Waals surface area contributed by atoms with Gasteiger partial charge in [-0.1, -0.05) is 40.0 Å². The minimum atomic E-state index is -1.04. The van der Waals surface area contributed by atoms with Gasteiger partial charge in [0.15, 0.2) is 0 Å². The molecule has 0 aromatic carbocycles. The van der Waals surface area contributed by atoms with E-state index in [1.807, 2.05) is 0 Å². The topological polar surface area (TPSA) is 57.2 Å². The molecule has 0 amide bonds. The van der Waals surface area contributed by atoms with Crippen LogP contribution in [0.3, 0.4) is 0 Å². The van der Waals surface area contributed by atoms with E-state index in [0.29, 0.717) is 19.8 Å². The maximum Gasteiger partial charge on any atom is 0.117 e. The Balaban J connectivity index is 2.69. The second kappa shape index (κ2) is 12.2. The molecular weight excluding hydrogens is 308 g/mol. The standard InChI is InChI=1S/C19H38O5/c1-5-8-11-21-14-16-17(22-12-9-6-2)18(23-13-10-7-3)19(4,20)15-24-16/h16-18,20H,5-15H2,1-4H3/t16-,17-,18+,19+/m1/s1. The molecule has 0 aromatic heterocycles. The maximum atomic E-state index is 10.7. The summed E-state index contributed by atoms with van der Waals surface area (Å²) in [5.74, 6) is 0. The van der Waals surface area contributed by atoms with Gasteiger partial charge in [-0.25, -0.2) is 0 Å². The zero-order valence-corrected chi connectivity index (χ0v) is 16.1. The highest BCUT2D eigenvalue weighted by molar-refractivity contribution is 4.97. The lowest BCUT2D eigenvalue weighted by Gasteiger charge is -2.45. The Morgan fingerprint density at radius 2 is 1.54 bits per heavy atom. The Morgan fingerprint density at radius 1 is 0.958 bits per heavy atom. The number of rotatable bonds is 13. The van der Waals surface area contributed by atoms with Crippen LogP contribution in [0.4, 0.5) is 0 Å². The molecule has 1 aliphatic heterocycles. The first-order chi connectivity index (χ1) is 11.6. The first-order valence-electron chi connectivity index (χ1n) is 9.71. The first kappa shape index (κ1) is 21.8. The molecule has 144 valence electrons. The summed E-state index contributed by atoms with van der Waals surface area (Å²) >= 11 is 0. The zero-order valence-electron chi connectivity index (χ0n) is 16.1. The van der Waals surface area contributed by atoms with Gasteiger partial charge in [0.05, 0.1) is 13.2 Å². The van der Waals surface area contributed by atoms with Gasteiger partial charge in [-0.05, 0) is 26.2 Å². The van der Waals surface area contributed by atoms with Crippen molar-refractivity contribution in [2.45, 2.75) is 90.1 Å². The Hall–Kier alpha value is -0.200. The fourth-order valence-electron chi connectivity index (χ4n) is 2.78. The molecule has 0 aromatic rings. The molecule has 0 radical (unpaired) electrons. The summed E-state index contributed by atoms with van der Waals surface area (Å²) in [6.07, 6.45) is 5.40. The van der Waals surface area contributed by atoms with Crippen LogP contribution in [0.2, 0.25) is 0 Å². The average molecular weight is 347 g/mol. The Bertz CT molecular complexity index is 308. The molecule has 0 aliphatic carbocycles. The van der Waals surface area contributed by atoms with Crippen LogP contribution in [-0.4, -0.2) is 62.1 Å². The summed E-state index contributed by atoms with van der Waals surface area (Å²) in [4.78, 5) is 0. The molecule has 0 unspecified atom stereocenters. The number of unbranched alkanes of at least 4 members (excludes halogenated alkanes) is 3. The molecule has 1 heterocycles. The number of hydrogen-bond acceptors (Lipinski definition) is 5. The van der Waals surface area contributed by atoms with Crippen LogP contribution in [0, 0.1) is 0 Å². The molecule has 5 heteroatoms. The van der Waals surface area contributed by atoms with Crippen molar-refractivity contribution in [3.63, 3.8) is 0 Å². The quantitative estimate of drug-likeness (QED) is 0.519. The van der Waals surface area contributed by atoms with Crippen LogP contribution in [0.1, 0.15) is 66.2 Å². The molecule has 1 aliphatic rings. The summed E-state index contributed by atoms with van der Waals surface area (Å²) < 4.78 is 23.7. The molecule has 1 N–H and O–H groups in total. The summed E-state index contributed by atoms with van der Waals surface area (Å²) in [6.45, 7) is 10.9. The highest BCUT2D eigenvalue weighted by atomic mass is 16.6. The van der Waals surface area contributed by atoms with E-state index in [4.69, 9.17) is 18.9 Å². The van der Waals surface area contributed by atoms with Gasteiger partial charge in [-0.15, -0.1) is 0 Å². The smallest absolute Gasteiger partial charge is 0.117 e. The van der Waals surface area contributed by atoms with Crippen LogP contribution >= 0.6 is 0 Å². The fraction of sp³-hybridized carbons (Fsp3) is 1.00. The molecule has 1 saturated heterocycles. The number of ether oxygens (including phenoxy) is 4. The minimum Gasteiger partial charge on any atom is -0.385 e. The van der Waals surface area contributed by atoms with E-state index in [1.165, 1.54) is 0 Å². The average Bonchev–Trinajstić information content (AvgIpc) is 2.55. The molecule has 5 nitrogen and oxygen atoms in total. The fourth-order valence-corrected chi connectivity index (χ4v) is 2.78. The van der Waals surface area contributed by atoms with Gasteiger partial charge in [0.2, 0.25) is 0 Å². The van der Waals surface area contributed by atoms with E-state index in [1.54, 1.807) is 6.92 Å². The summed E-state index contributed by atoms with van der Waals surface area (Å²) in [5, 5.41) is 10.7. The lowest BCUT2D eigenvalue weighted by molar-refractivity contribution is -0.261. The van der Waals surface area contributed by atoms with Crippen molar-refractivity contribution in [3.8, 4) is 0 Å². The highest BCUT2D eigenvalue weighted by Crippen LogP contribution is 2.29. The number of aliphatic hydroxyl groups is 1. The summed E-state index contributed by atoms with van der Waals surface area (Å²) in [7, 11) is 0. The van der Waals surface area contributed by atoms with E-state index in [0.717, 1.165) is 45.1 Å². The molecule has 24 heavy (non-hydrogen) atoms. The Kier molecular flexibility index (Phi) is 11.1. The predicted octanol–water partition coefficient (Wildman–Crippen LogP) is 3.32. The third kappa shape index (κ3) is 7.36. The van der Waals surface area contributed by atoms with Crippen molar-refractivity contribution in [1.82, 2.24) is 0 Å². The Labute approximate surface area is 148 Å². The van der Waals surface area contributed by atoms with Crippen LogP contribution in [-0.2, 0) is 18.9 Å². The van der Waals surface area contributed by atoms with Crippen molar-refractivity contribution in [2.75, 3.05) is 33.0 Å². The van der Waals surface area contributed by atoms with E-state index in [9.17, 15) is 5.11 Å². The highest BCUT2D eigenvalue weighted by Gasteiger charge is 2.48. The molecule has 1 rings (SSSR count). The molecule has 4 atom stereocenters. The second-order valence-corrected chi connectivity index (χ2v) is 6.97. The van der Waals surface area contributed by atoms with E-state index in [-0.39, 0.29) is 24.9 Å². The largest absolute Gasteiger partial charge is 0.385 e. The van der Waals surface area contributed by atoms with Crippen molar-refractivity contribution < 1.29 is 24.1 Å². The van der Waals surface area contributed by atoms with Crippen molar-refractivity contribution in [3.05, 3.63) is 0 Å². The SMILES string of the molecule is CCCCOC[C@H]1OC[C@](C)(O)[C@@H](OCCCC)[C@@H]1OCCCC.